The molecule has 11 nitrogen and oxygen atoms in total. The van der Waals surface area contributed by atoms with E-state index in [1.54, 1.807) is 6.08 Å². The van der Waals surface area contributed by atoms with Gasteiger partial charge in [-0.3, -0.25) is 23.4 Å². The summed E-state index contributed by atoms with van der Waals surface area (Å²) in [4.78, 5) is 48.3. The van der Waals surface area contributed by atoms with Gasteiger partial charge in [0.1, 0.15) is 12.7 Å². The van der Waals surface area contributed by atoms with Gasteiger partial charge in [-0.2, -0.15) is 0 Å². The third-order valence-electron chi connectivity index (χ3n) is 10.3. The molecule has 3 atom stereocenters. The molecule has 0 aromatic heterocycles. The van der Waals surface area contributed by atoms with Gasteiger partial charge in [0.2, 0.25) is 0 Å². The maximum absolute atomic E-state index is 12.9. The zero-order valence-corrected chi connectivity index (χ0v) is 45.2. The maximum atomic E-state index is 12.9. The number of esters is 3. The predicted molar refractivity (Wildman–Crippen MR) is 297 cm³/mol. The molecule has 0 aliphatic carbocycles. The monoisotopic (exact) mass is 1020 g/mol. The number of phosphoric ester groups is 1. The Morgan fingerprint density at radius 1 is 0.403 bits per heavy atom. The molecule has 0 saturated heterocycles. The molecule has 2 N–H and O–H groups in total. The molecular formula is C60H93O11P. The number of allylic oxidation sites excluding steroid dienone is 23. The van der Waals surface area contributed by atoms with Crippen LogP contribution in [-0.4, -0.2) is 66.5 Å². The molecule has 0 fully saturated rings. The van der Waals surface area contributed by atoms with Crippen molar-refractivity contribution in [2.45, 2.75) is 187 Å². The van der Waals surface area contributed by atoms with Crippen LogP contribution in [0.25, 0.3) is 0 Å². The van der Waals surface area contributed by atoms with Crippen LogP contribution in [0.5, 0.6) is 0 Å². The van der Waals surface area contributed by atoms with E-state index in [1.807, 2.05) is 30.4 Å². The number of hydrogen-bond acceptors (Lipinski definition) is 10. The van der Waals surface area contributed by atoms with Gasteiger partial charge in [0.15, 0.2) is 6.10 Å². The van der Waals surface area contributed by atoms with E-state index in [9.17, 15) is 28.9 Å². The lowest BCUT2D eigenvalue weighted by atomic mass is 10.1. The van der Waals surface area contributed by atoms with Gasteiger partial charge >= 0.3 is 25.7 Å². The van der Waals surface area contributed by atoms with Crippen LogP contribution in [0, 0.1) is 0 Å². The minimum Gasteiger partial charge on any atom is -0.462 e. The van der Waals surface area contributed by atoms with Gasteiger partial charge in [-0.05, 0) is 103 Å². The topological polar surface area (TPSA) is 155 Å². The van der Waals surface area contributed by atoms with Gasteiger partial charge in [0.05, 0.1) is 26.2 Å². The van der Waals surface area contributed by atoms with Crippen molar-refractivity contribution in [3.63, 3.8) is 0 Å². The molecule has 12 heteroatoms. The Kier molecular flexibility index (Phi) is 49.3. The standard InChI is InChI=1S/C60H93O11P/c1-4-7-10-13-16-19-22-25-27-28-30-33-36-39-42-45-48-51-60(64)71-57(53-67-58(62)49-46-43-40-37-34-31-24-21-18-15-12-9-6-3)55-69-72(65,66)68-54-56(52-61)70-59(63)50-47-44-41-38-35-32-29-26-23-20-17-14-11-8-5-2/h7-12,16-21,25-27,29,31,34-35,38,40,43-44,47,56-57,61H,4-6,13-15,22-24,28,30,32-33,36-37,39,41-42,45-46,48-55H2,1-3H3,(H,65,66)/b10-7-,11-8-,12-9-,19-16-,20-17-,21-18-,27-25-,29-26-,34-31-,38-35-,43-40-,47-44-. The molecule has 0 aromatic rings. The summed E-state index contributed by atoms with van der Waals surface area (Å²) in [7, 11) is -4.80. The fourth-order valence-corrected chi connectivity index (χ4v) is 7.12. The Morgan fingerprint density at radius 2 is 0.764 bits per heavy atom. The molecule has 0 radical (unpaired) electrons. The van der Waals surface area contributed by atoms with Crippen LogP contribution < -0.4 is 0 Å². The number of ether oxygens (including phenoxy) is 3. The third-order valence-corrected chi connectivity index (χ3v) is 11.2. The van der Waals surface area contributed by atoms with E-state index in [0.29, 0.717) is 19.3 Å². The highest BCUT2D eigenvalue weighted by Crippen LogP contribution is 2.43. The number of rotatable bonds is 47. The van der Waals surface area contributed by atoms with Crippen molar-refractivity contribution in [3.05, 3.63) is 146 Å². The van der Waals surface area contributed by atoms with Crippen LogP contribution >= 0.6 is 7.82 Å². The number of phosphoric acid groups is 1. The fraction of sp³-hybridized carbons (Fsp3) is 0.550. The average molecular weight is 1020 g/mol. The van der Waals surface area contributed by atoms with Crippen molar-refractivity contribution >= 4 is 25.7 Å². The van der Waals surface area contributed by atoms with Crippen LogP contribution in [0.1, 0.15) is 175 Å². The highest BCUT2D eigenvalue weighted by atomic mass is 31.2. The van der Waals surface area contributed by atoms with Crippen LogP contribution in [0.4, 0.5) is 0 Å². The molecule has 0 heterocycles. The summed E-state index contributed by atoms with van der Waals surface area (Å²) < 4.78 is 39.2. The van der Waals surface area contributed by atoms with E-state index in [0.717, 1.165) is 116 Å². The summed E-state index contributed by atoms with van der Waals surface area (Å²) in [6.07, 6.45) is 67.2. The summed E-state index contributed by atoms with van der Waals surface area (Å²) in [5.41, 5.74) is 0. The van der Waals surface area contributed by atoms with Gasteiger partial charge < -0.3 is 24.2 Å². The SMILES string of the molecule is CC/C=C\C/C=C\C/C=C\C/C=C\C/C=C\CC(=O)OC(CO)COP(=O)(O)OCC(COC(=O)CC/C=C\C/C=C\C/C=C\C/C=C\CC)OC(=O)CCCCCCCCC/C=C\C/C=C\C/C=C\CC. The van der Waals surface area contributed by atoms with Crippen LogP contribution in [0.3, 0.4) is 0 Å². The second-order valence-electron chi connectivity index (χ2n) is 16.9. The van der Waals surface area contributed by atoms with Crippen LogP contribution in [0.2, 0.25) is 0 Å². The summed E-state index contributed by atoms with van der Waals surface area (Å²) in [5.74, 6) is -1.73. The lowest BCUT2D eigenvalue weighted by molar-refractivity contribution is -0.161. The summed E-state index contributed by atoms with van der Waals surface area (Å²) >= 11 is 0. The van der Waals surface area contributed by atoms with Gasteiger partial charge in [0, 0.05) is 12.8 Å². The Balaban J connectivity index is 4.92. The zero-order valence-electron chi connectivity index (χ0n) is 44.3. The number of unbranched alkanes of at least 4 members (excludes halogenated alkanes) is 7. The largest absolute Gasteiger partial charge is 0.472 e. The van der Waals surface area contributed by atoms with Gasteiger partial charge in [-0.25, -0.2) is 4.57 Å². The fourth-order valence-electron chi connectivity index (χ4n) is 6.34. The lowest BCUT2D eigenvalue weighted by Crippen LogP contribution is -2.30. The summed E-state index contributed by atoms with van der Waals surface area (Å²) in [5, 5.41) is 9.77. The molecule has 0 bridgehead atoms. The minimum absolute atomic E-state index is 0.0682. The van der Waals surface area contributed by atoms with Crippen molar-refractivity contribution in [1.29, 1.82) is 0 Å². The first-order valence-electron chi connectivity index (χ1n) is 26.7. The van der Waals surface area contributed by atoms with E-state index in [1.165, 1.54) is 0 Å². The first-order chi connectivity index (χ1) is 35.2. The number of hydrogen-bond donors (Lipinski definition) is 2. The summed E-state index contributed by atoms with van der Waals surface area (Å²) in [6, 6.07) is 0. The highest BCUT2D eigenvalue weighted by Gasteiger charge is 2.28. The van der Waals surface area contributed by atoms with Crippen molar-refractivity contribution in [3.8, 4) is 0 Å². The molecule has 0 aliphatic rings. The zero-order chi connectivity index (χ0) is 52.7. The van der Waals surface area contributed by atoms with Gasteiger partial charge in [-0.1, -0.05) is 199 Å². The van der Waals surface area contributed by atoms with Crippen LogP contribution in [0.15, 0.2) is 146 Å². The minimum atomic E-state index is -4.80. The molecular weight excluding hydrogens is 928 g/mol. The van der Waals surface area contributed by atoms with Crippen molar-refractivity contribution < 1.29 is 52.2 Å². The Bertz CT molecular complexity index is 1760. The number of carbonyl (C=O) groups excluding carboxylic acids is 3. The van der Waals surface area contributed by atoms with Gasteiger partial charge in [0.25, 0.3) is 0 Å². The first kappa shape index (κ1) is 67.4. The highest BCUT2D eigenvalue weighted by molar-refractivity contribution is 7.47. The van der Waals surface area contributed by atoms with E-state index >= 15 is 0 Å². The third kappa shape index (κ3) is 50.3. The van der Waals surface area contributed by atoms with Crippen LogP contribution in [-0.2, 0) is 42.2 Å². The number of aliphatic hydroxyl groups is 1. The second-order valence-corrected chi connectivity index (χ2v) is 18.4. The molecule has 0 amide bonds. The molecule has 0 aromatic carbocycles. The lowest BCUT2D eigenvalue weighted by Gasteiger charge is -2.21. The van der Waals surface area contributed by atoms with E-state index in [-0.39, 0.29) is 19.3 Å². The molecule has 0 saturated carbocycles. The molecule has 72 heavy (non-hydrogen) atoms. The Morgan fingerprint density at radius 3 is 1.21 bits per heavy atom. The Hall–Kier alpha value is -4.64. The molecule has 0 spiro atoms. The summed E-state index contributed by atoms with van der Waals surface area (Å²) in [6.45, 7) is 4.06. The average Bonchev–Trinajstić information content (AvgIpc) is 3.37. The smallest absolute Gasteiger partial charge is 0.462 e. The second kappa shape index (κ2) is 52.7. The van der Waals surface area contributed by atoms with E-state index < -0.39 is 64.4 Å². The van der Waals surface area contributed by atoms with E-state index in [2.05, 4.69) is 130 Å². The maximum Gasteiger partial charge on any atom is 0.472 e. The Labute approximate surface area is 435 Å². The van der Waals surface area contributed by atoms with Crippen molar-refractivity contribution in [2.75, 3.05) is 26.4 Å². The van der Waals surface area contributed by atoms with Gasteiger partial charge in [-0.15, -0.1) is 0 Å². The van der Waals surface area contributed by atoms with Crippen molar-refractivity contribution in [1.82, 2.24) is 0 Å². The number of carbonyl (C=O) groups is 3. The molecule has 404 valence electrons. The normalized spacial score (nSPS) is 14.6. The molecule has 3 unspecified atom stereocenters. The molecule has 0 aliphatic heterocycles. The predicted octanol–water partition coefficient (Wildman–Crippen LogP) is 15.6. The number of aliphatic hydroxyl groups excluding tert-OH is 1. The quantitative estimate of drug-likeness (QED) is 0.0197. The first-order valence-corrected chi connectivity index (χ1v) is 28.2. The van der Waals surface area contributed by atoms with E-state index in [4.69, 9.17) is 23.3 Å². The van der Waals surface area contributed by atoms with Crippen molar-refractivity contribution in [2.24, 2.45) is 0 Å². The molecule has 0 rings (SSSR count).